The number of ketones is 1. The maximum absolute atomic E-state index is 9.44. The smallest absolute Gasteiger partial charge is 0.293 e. The summed E-state index contributed by atoms with van der Waals surface area (Å²) in [7, 11) is 1.00. The molecule has 0 atom stereocenters. The van der Waals surface area contributed by atoms with Gasteiger partial charge in [-0.2, -0.15) is 0 Å². The van der Waals surface area contributed by atoms with Crippen LogP contribution < -0.4 is 0 Å². The fraction of sp³-hybridized carbons (Fsp3) is 0.714. The van der Waals surface area contributed by atoms with Crippen molar-refractivity contribution in [2.24, 2.45) is 0 Å². The molecule has 0 aromatic carbocycles. The van der Waals surface area contributed by atoms with Crippen molar-refractivity contribution in [1.82, 2.24) is 0 Å². The monoisotopic (exact) mass is 182 g/mol. The lowest BCUT2D eigenvalue weighted by Crippen LogP contribution is -1.80. The van der Waals surface area contributed by atoms with Gasteiger partial charge in [0, 0.05) is 7.11 Å². The molecular formula is C7H18O5. The van der Waals surface area contributed by atoms with Crippen molar-refractivity contribution < 1.29 is 24.9 Å². The predicted molar refractivity (Wildman–Crippen MR) is 45.8 cm³/mol. The molecule has 0 rings (SSSR count). The Morgan fingerprint density at radius 3 is 1.67 bits per heavy atom. The van der Waals surface area contributed by atoms with Gasteiger partial charge in [0.2, 0.25) is 0 Å². The van der Waals surface area contributed by atoms with Gasteiger partial charge in [0.25, 0.3) is 6.47 Å². The number of hydrogen-bond donors (Lipinski definition) is 1. The molecule has 0 heterocycles. The van der Waals surface area contributed by atoms with E-state index in [1.54, 1.807) is 6.92 Å². The summed E-state index contributed by atoms with van der Waals surface area (Å²) in [4.78, 5) is 18.6. The van der Waals surface area contributed by atoms with Crippen molar-refractivity contribution >= 4 is 12.3 Å². The number of rotatable bonds is 2. The number of carbonyl (C=O) groups excluding carboxylic acids is 2. The van der Waals surface area contributed by atoms with Crippen LogP contribution in [0.15, 0.2) is 0 Å². The zero-order valence-electron chi connectivity index (χ0n) is 7.96. The van der Waals surface area contributed by atoms with Gasteiger partial charge in [0.15, 0.2) is 0 Å². The van der Waals surface area contributed by atoms with Gasteiger partial charge in [0.05, 0.1) is 6.61 Å². The molecule has 0 fully saturated rings. The van der Waals surface area contributed by atoms with Crippen LogP contribution in [0.4, 0.5) is 0 Å². The third-order valence-corrected chi connectivity index (χ3v) is 0.235. The minimum absolute atomic E-state index is 0. The van der Waals surface area contributed by atoms with E-state index < -0.39 is 0 Å². The highest BCUT2D eigenvalue weighted by molar-refractivity contribution is 5.72. The summed E-state index contributed by atoms with van der Waals surface area (Å²) in [6, 6.07) is 0. The molecule has 0 amide bonds. The minimum Gasteiger partial charge on any atom is -0.468 e. The fourth-order valence-electron chi connectivity index (χ4n) is 0.0680. The molecule has 0 aliphatic carbocycles. The Kier molecular flexibility index (Phi) is 60.4. The lowest BCUT2D eigenvalue weighted by atomic mass is 10.6. The molecule has 0 aliphatic heterocycles. The second-order valence-corrected chi connectivity index (χ2v) is 1.46. The van der Waals surface area contributed by atoms with Crippen molar-refractivity contribution in [2.75, 3.05) is 13.7 Å². The molecule has 5 nitrogen and oxygen atoms in total. The van der Waals surface area contributed by atoms with Crippen LogP contribution in [0.2, 0.25) is 0 Å². The van der Waals surface area contributed by atoms with Gasteiger partial charge in [-0.3, -0.25) is 4.79 Å². The molecule has 12 heavy (non-hydrogen) atoms. The zero-order valence-corrected chi connectivity index (χ0v) is 7.96. The Morgan fingerprint density at radius 2 is 1.67 bits per heavy atom. The van der Waals surface area contributed by atoms with Crippen molar-refractivity contribution in [2.45, 2.75) is 20.8 Å². The lowest BCUT2D eigenvalue weighted by molar-refractivity contribution is -0.128. The summed E-state index contributed by atoms with van der Waals surface area (Å²) < 4.78 is 4.15. The standard InChI is InChI=1S/C3H6O2.C3H6O.CH4O.H2O/c1-2-5-3-4;1-3(2)4;1-2;/h3H,2H2,1H3;1-2H3;2H,1H3;1H2. The van der Waals surface area contributed by atoms with Crippen LogP contribution in [0, 0.1) is 0 Å². The van der Waals surface area contributed by atoms with Gasteiger partial charge in [-0.15, -0.1) is 0 Å². The highest BCUT2D eigenvalue weighted by Gasteiger charge is 1.62. The molecule has 0 bridgehead atoms. The van der Waals surface area contributed by atoms with Crippen molar-refractivity contribution in [1.29, 1.82) is 0 Å². The van der Waals surface area contributed by atoms with Gasteiger partial charge in [-0.05, 0) is 20.8 Å². The quantitative estimate of drug-likeness (QED) is 0.585. The van der Waals surface area contributed by atoms with E-state index in [1.807, 2.05) is 0 Å². The number of ether oxygens (including phenoxy) is 1. The molecule has 0 saturated heterocycles. The van der Waals surface area contributed by atoms with Crippen LogP contribution >= 0.6 is 0 Å². The number of aliphatic hydroxyl groups is 1. The van der Waals surface area contributed by atoms with Crippen LogP contribution in [0.5, 0.6) is 0 Å². The van der Waals surface area contributed by atoms with E-state index in [0.29, 0.717) is 13.1 Å². The summed E-state index contributed by atoms with van der Waals surface area (Å²) in [6.07, 6.45) is 0. The molecule has 0 unspecified atom stereocenters. The number of aliphatic hydroxyl groups excluding tert-OH is 1. The van der Waals surface area contributed by atoms with E-state index in [2.05, 4.69) is 4.74 Å². The molecule has 76 valence electrons. The summed E-state index contributed by atoms with van der Waals surface area (Å²) in [5.74, 6) is 0.167. The van der Waals surface area contributed by atoms with Gasteiger partial charge >= 0.3 is 0 Å². The minimum atomic E-state index is 0. The van der Waals surface area contributed by atoms with E-state index in [4.69, 9.17) is 5.11 Å². The maximum Gasteiger partial charge on any atom is 0.293 e. The average Bonchev–Trinajstić information content (AvgIpc) is 1.93. The highest BCUT2D eigenvalue weighted by atomic mass is 16.5. The average molecular weight is 182 g/mol. The molecular weight excluding hydrogens is 164 g/mol. The van der Waals surface area contributed by atoms with Crippen molar-refractivity contribution in [3.05, 3.63) is 0 Å². The van der Waals surface area contributed by atoms with Crippen molar-refractivity contribution in [3.63, 3.8) is 0 Å². The van der Waals surface area contributed by atoms with Gasteiger partial charge < -0.3 is 20.1 Å². The Labute approximate surface area is 72.7 Å². The molecule has 0 aliphatic rings. The van der Waals surface area contributed by atoms with Crippen LogP contribution in [0.3, 0.4) is 0 Å². The molecule has 0 saturated carbocycles. The zero-order chi connectivity index (χ0) is 9.70. The number of carbonyl (C=O) groups is 2. The normalized spacial score (nSPS) is 5.42. The highest BCUT2D eigenvalue weighted by Crippen LogP contribution is 1.55. The van der Waals surface area contributed by atoms with Crippen molar-refractivity contribution in [3.8, 4) is 0 Å². The first-order chi connectivity index (χ1) is 5.15. The van der Waals surface area contributed by atoms with Crippen LogP contribution in [0.1, 0.15) is 20.8 Å². The molecule has 0 aromatic rings. The van der Waals surface area contributed by atoms with E-state index in [0.717, 1.165) is 7.11 Å². The van der Waals surface area contributed by atoms with Gasteiger partial charge in [-0.25, -0.2) is 0 Å². The van der Waals surface area contributed by atoms with E-state index in [1.165, 1.54) is 13.8 Å². The van der Waals surface area contributed by atoms with Gasteiger partial charge in [-0.1, -0.05) is 0 Å². The van der Waals surface area contributed by atoms with E-state index in [-0.39, 0.29) is 11.3 Å². The Bertz CT molecular complexity index is 77.9. The Morgan fingerprint density at radius 1 is 1.42 bits per heavy atom. The Hall–Kier alpha value is -0.940. The van der Waals surface area contributed by atoms with E-state index in [9.17, 15) is 9.59 Å². The fourth-order valence-corrected chi connectivity index (χ4v) is 0.0680. The van der Waals surface area contributed by atoms with Crippen LogP contribution in [-0.2, 0) is 14.3 Å². The SMILES string of the molecule is CC(C)=O.CCOC=O.CO.O. The number of hydrogen-bond acceptors (Lipinski definition) is 4. The molecule has 0 aromatic heterocycles. The summed E-state index contributed by atoms with van der Waals surface area (Å²) >= 11 is 0. The third kappa shape index (κ3) is 524. The largest absolute Gasteiger partial charge is 0.468 e. The molecule has 3 N–H and O–H groups in total. The summed E-state index contributed by atoms with van der Waals surface area (Å²) in [5.41, 5.74) is 0. The predicted octanol–water partition coefficient (Wildman–Crippen LogP) is -0.442. The Balaban J connectivity index is -0.0000000419. The van der Waals surface area contributed by atoms with Gasteiger partial charge in [0.1, 0.15) is 5.78 Å². The van der Waals surface area contributed by atoms with Crippen LogP contribution in [0.25, 0.3) is 0 Å². The first-order valence-electron chi connectivity index (χ1n) is 3.12. The second kappa shape index (κ2) is 32.3. The first kappa shape index (κ1) is 22.5. The summed E-state index contributed by atoms with van der Waals surface area (Å²) in [6.45, 7) is 5.72. The summed E-state index contributed by atoms with van der Waals surface area (Å²) in [5, 5.41) is 7.00. The first-order valence-corrected chi connectivity index (χ1v) is 3.12. The molecule has 0 radical (unpaired) electrons. The lowest BCUT2D eigenvalue weighted by Gasteiger charge is -1.79. The second-order valence-electron chi connectivity index (χ2n) is 1.46. The topological polar surface area (TPSA) is 95.1 Å². The number of Topliss-reactive ketones (excluding diaryl/α,β-unsaturated/α-hetero) is 1. The van der Waals surface area contributed by atoms with Crippen LogP contribution in [-0.4, -0.2) is 36.6 Å². The molecule has 5 heteroatoms. The third-order valence-electron chi connectivity index (χ3n) is 0.235. The van der Waals surface area contributed by atoms with E-state index >= 15 is 0 Å². The molecule has 0 spiro atoms. The maximum atomic E-state index is 9.44.